The molecule has 0 saturated carbocycles. The molecule has 1 aromatic carbocycles. The average Bonchev–Trinajstić information content (AvgIpc) is 2.39. The first-order valence-corrected chi connectivity index (χ1v) is 7.34. The van der Waals surface area contributed by atoms with Crippen LogP contribution in [0.4, 0.5) is 0 Å². The number of hydrogen-bond donors (Lipinski definition) is 0. The first-order chi connectivity index (χ1) is 9.01. The summed E-state index contributed by atoms with van der Waals surface area (Å²) in [6.07, 6.45) is -0.389. The van der Waals surface area contributed by atoms with E-state index in [2.05, 4.69) is 0 Å². The van der Waals surface area contributed by atoms with Gasteiger partial charge in [-0.25, -0.2) is 0 Å². The van der Waals surface area contributed by atoms with Crippen LogP contribution >= 0.6 is 11.8 Å². The number of thioether (sulfide) groups is 1. The monoisotopic (exact) mass is 282 g/mol. The van der Waals surface area contributed by atoms with Crippen molar-refractivity contribution in [3.63, 3.8) is 0 Å². The van der Waals surface area contributed by atoms with Gasteiger partial charge in [-0.15, -0.1) is 0 Å². The van der Waals surface area contributed by atoms with Gasteiger partial charge in [0, 0.05) is 18.8 Å². The highest BCUT2D eigenvalue weighted by atomic mass is 32.2. The van der Waals surface area contributed by atoms with Crippen molar-refractivity contribution in [1.82, 2.24) is 0 Å². The molecular weight excluding hydrogens is 260 g/mol. The SMILES string of the molecule is CCOC(OCC)C(C)(C)SC(=O)c1ccccc1. The van der Waals surface area contributed by atoms with E-state index in [0.717, 1.165) is 0 Å². The standard InChI is InChI=1S/C15H22O3S/c1-5-17-14(18-6-2)15(3,4)19-13(16)12-10-8-7-9-11-12/h7-11,14H,5-6H2,1-4H3. The molecule has 0 radical (unpaired) electrons. The van der Waals surface area contributed by atoms with Gasteiger partial charge in [-0.05, 0) is 27.7 Å². The van der Waals surface area contributed by atoms with Gasteiger partial charge in [-0.1, -0.05) is 42.1 Å². The fraction of sp³-hybridized carbons (Fsp3) is 0.533. The van der Waals surface area contributed by atoms with Crippen molar-refractivity contribution >= 4 is 16.9 Å². The second-order valence-electron chi connectivity index (χ2n) is 4.60. The molecule has 0 aliphatic heterocycles. The number of rotatable bonds is 7. The van der Waals surface area contributed by atoms with E-state index < -0.39 is 4.75 Å². The van der Waals surface area contributed by atoms with Crippen LogP contribution in [0.1, 0.15) is 38.1 Å². The van der Waals surface area contributed by atoms with Gasteiger partial charge < -0.3 is 9.47 Å². The summed E-state index contributed by atoms with van der Waals surface area (Å²) < 4.78 is 10.7. The third-order valence-electron chi connectivity index (χ3n) is 2.57. The number of ether oxygens (including phenoxy) is 2. The zero-order valence-electron chi connectivity index (χ0n) is 12.0. The fourth-order valence-corrected chi connectivity index (χ4v) is 2.64. The molecule has 19 heavy (non-hydrogen) atoms. The summed E-state index contributed by atoms with van der Waals surface area (Å²) in [5, 5.41) is 0.0370. The molecule has 0 saturated heterocycles. The van der Waals surface area contributed by atoms with Crippen molar-refractivity contribution in [2.24, 2.45) is 0 Å². The lowest BCUT2D eigenvalue weighted by atomic mass is 10.2. The molecule has 0 spiro atoms. The van der Waals surface area contributed by atoms with Gasteiger partial charge in [0.05, 0.1) is 4.75 Å². The fourth-order valence-electron chi connectivity index (χ4n) is 1.67. The highest BCUT2D eigenvalue weighted by Crippen LogP contribution is 2.33. The molecule has 0 aliphatic carbocycles. The Labute approximate surface area is 119 Å². The van der Waals surface area contributed by atoms with Crippen molar-refractivity contribution in [3.8, 4) is 0 Å². The van der Waals surface area contributed by atoms with Crippen LogP contribution in [0.5, 0.6) is 0 Å². The van der Waals surface area contributed by atoms with Gasteiger partial charge in [-0.3, -0.25) is 4.79 Å². The zero-order chi connectivity index (χ0) is 14.3. The number of carbonyl (C=O) groups is 1. The molecule has 0 amide bonds. The molecule has 0 heterocycles. The van der Waals surface area contributed by atoms with Crippen LogP contribution in [-0.4, -0.2) is 29.4 Å². The minimum Gasteiger partial charge on any atom is -0.351 e. The Morgan fingerprint density at radius 2 is 1.68 bits per heavy atom. The maximum absolute atomic E-state index is 12.2. The van der Waals surface area contributed by atoms with Crippen LogP contribution in [-0.2, 0) is 9.47 Å². The van der Waals surface area contributed by atoms with Gasteiger partial charge in [-0.2, -0.15) is 0 Å². The lowest BCUT2D eigenvalue weighted by Gasteiger charge is -2.32. The maximum atomic E-state index is 12.2. The molecule has 1 rings (SSSR count). The van der Waals surface area contributed by atoms with Gasteiger partial charge in [0.1, 0.15) is 0 Å². The Morgan fingerprint density at radius 3 is 2.16 bits per heavy atom. The topological polar surface area (TPSA) is 35.5 Å². The highest BCUT2D eigenvalue weighted by Gasteiger charge is 2.34. The van der Waals surface area contributed by atoms with Crippen molar-refractivity contribution in [1.29, 1.82) is 0 Å². The third kappa shape index (κ3) is 4.97. The Hall–Kier alpha value is -0.840. The normalized spacial score (nSPS) is 11.8. The smallest absolute Gasteiger partial charge is 0.220 e. The largest absolute Gasteiger partial charge is 0.351 e. The summed E-state index contributed by atoms with van der Waals surface area (Å²) in [5.41, 5.74) is 0.701. The summed E-state index contributed by atoms with van der Waals surface area (Å²) in [7, 11) is 0. The second kappa shape index (κ2) is 7.68. The van der Waals surface area contributed by atoms with Crippen LogP contribution in [0, 0.1) is 0 Å². The molecule has 0 unspecified atom stereocenters. The zero-order valence-corrected chi connectivity index (χ0v) is 12.8. The van der Waals surface area contributed by atoms with Crippen LogP contribution in [0.3, 0.4) is 0 Å². The molecule has 1 aromatic rings. The Bertz CT molecular complexity index is 384. The van der Waals surface area contributed by atoms with Crippen molar-refractivity contribution in [2.75, 3.05) is 13.2 Å². The Balaban J connectivity index is 2.74. The molecule has 4 heteroatoms. The number of benzene rings is 1. The lowest BCUT2D eigenvalue weighted by Crippen LogP contribution is -2.38. The van der Waals surface area contributed by atoms with Gasteiger partial charge in [0.25, 0.3) is 0 Å². The van der Waals surface area contributed by atoms with Gasteiger partial charge >= 0.3 is 0 Å². The summed E-state index contributed by atoms with van der Waals surface area (Å²) >= 11 is 1.25. The van der Waals surface area contributed by atoms with E-state index in [1.54, 1.807) is 0 Å². The molecule has 0 bridgehead atoms. The van der Waals surface area contributed by atoms with Crippen LogP contribution in [0.2, 0.25) is 0 Å². The predicted octanol–water partition coefficient (Wildman–Crippen LogP) is 3.74. The van der Waals surface area contributed by atoms with Gasteiger partial charge in [0.15, 0.2) is 6.29 Å². The van der Waals surface area contributed by atoms with Crippen LogP contribution in [0.25, 0.3) is 0 Å². The van der Waals surface area contributed by atoms with E-state index in [1.165, 1.54) is 11.8 Å². The van der Waals surface area contributed by atoms with E-state index in [9.17, 15) is 4.79 Å². The molecule has 0 atom stereocenters. The molecular formula is C15H22O3S. The second-order valence-corrected chi connectivity index (χ2v) is 6.23. The Kier molecular flexibility index (Phi) is 6.55. The molecule has 3 nitrogen and oxygen atoms in total. The molecule has 0 aromatic heterocycles. The first-order valence-electron chi connectivity index (χ1n) is 6.52. The highest BCUT2D eigenvalue weighted by molar-refractivity contribution is 8.15. The van der Waals surface area contributed by atoms with E-state index in [1.807, 2.05) is 58.0 Å². The lowest BCUT2D eigenvalue weighted by molar-refractivity contribution is -0.150. The number of carbonyl (C=O) groups excluding carboxylic acids is 1. The van der Waals surface area contributed by atoms with E-state index in [0.29, 0.717) is 18.8 Å². The van der Waals surface area contributed by atoms with Gasteiger partial charge in [0.2, 0.25) is 5.12 Å². The summed E-state index contributed by atoms with van der Waals surface area (Å²) in [6.45, 7) is 8.91. The molecule has 0 N–H and O–H groups in total. The summed E-state index contributed by atoms with van der Waals surface area (Å²) in [4.78, 5) is 12.2. The van der Waals surface area contributed by atoms with Crippen molar-refractivity contribution in [2.45, 2.75) is 38.7 Å². The molecule has 106 valence electrons. The maximum Gasteiger partial charge on any atom is 0.220 e. The van der Waals surface area contributed by atoms with Crippen LogP contribution < -0.4 is 0 Å². The minimum atomic E-state index is -0.432. The van der Waals surface area contributed by atoms with E-state index >= 15 is 0 Å². The minimum absolute atomic E-state index is 0.0370. The average molecular weight is 282 g/mol. The van der Waals surface area contributed by atoms with Crippen molar-refractivity contribution < 1.29 is 14.3 Å². The quantitative estimate of drug-likeness (QED) is 0.714. The van der Waals surface area contributed by atoms with E-state index in [-0.39, 0.29) is 11.4 Å². The van der Waals surface area contributed by atoms with E-state index in [4.69, 9.17) is 9.47 Å². The first kappa shape index (κ1) is 16.2. The molecule has 0 fully saturated rings. The molecule has 0 aliphatic rings. The third-order valence-corrected chi connectivity index (χ3v) is 3.71. The predicted molar refractivity (Wildman–Crippen MR) is 79.5 cm³/mol. The van der Waals surface area contributed by atoms with Crippen LogP contribution in [0.15, 0.2) is 30.3 Å². The Morgan fingerprint density at radius 1 is 1.16 bits per heavy atom. The summed E-state index contributed by atoms with van der Waals surface area (Å²) in [6, 6.07) is 9.27. The summed E-state index contributed by atoms with van der Waals surface area (Å²) in [5.74, 6) is 0. The van der Waals surface area contributed by atoms with Crippen molar-refractivity contribution in [3.05, 3.63) is 35.9 Å². The number of hydrogen-bond acceptors (Lipinski definition) is 4.